The van der Waals surface area contributed by atoms with E-state index in [-0.39, 0.29) is 48.4 Å². The number of nitrogens with one attached hydrogen (secondary N) is 2. The smallest absolute Gasteiger partial charge is 0.251 e. The zero-order chi connectivity index (χ0) is 30.7. The first-order chi connectivity index (χ1) is 19.4. The number of primary amides is 1. The van der Waals surface area contributed by atoms with Gasteiger partial charge in [-0.05, 0) is 55.9 Å². The zero-order valence-corrected chi connectivity index (χ0v) is 24.8. The van der Waals surface area contributed by atoms with Crippen LogP contribution in [0.4, 0.5) is 8.78 Å². The Labute approximate surface area is 241 Å². The third-order valence-corrected chi connectivity index (χ3v) is 6.77. The lowest BCUT2D eigenvalue weighted by Gasteiger charge is -2.38. The van der Waals surface area contributed by atoms with Gasteiger partial charge in [0, 0.05) is 50.6 Å². The van der Waals surface area contributed by atoms with E-state index in [0.29, 0.717) is 25.2 Å². The molecule has 2 rings (SSSR count). The van der Waals surface area contributed by atoms with Gasteiger partial charge < -0.3 is 31.3 Å². The molecule has 0 bridgehead atoms. The maximum atomic E-state index is 14.1. The molecule has 5 N–H and O–H groups in total. The van der Waals surface area contributed by atoms with Gasteiger partial charge in [0.1, 0.15) is 11.6 Å². The molecule has 3 amide bonds. The predicted octanol–water partition coefficient (Wildman–Crippen LogP) is 2.25. The minimum absolute atomic E-state index is 0.0108. The summed E-state index contributed by atoms with van der Waals surface area (Å²) in [7, 11) is 0. The largest absolute Gasteiger partial charge is 0.390 e. The van der Waals surface area contributed by atoms with E-state index in [4.69, 9.17) is 5.73 Å². The Morgan fingerprint density at radius 3 is 2.20 bits per heavy atom. The highest BCUT2D eigenvalue weighted by Gasteiger charge is 2.32. The summed E-state index contributed by atoms with van der Waals surface area (Å²) >= 11 is 0. The Hall–Kier alpha value is -3.31. The van der Waals surface area contributed by atoms with Crippen molar-refractivity contribution in [2.45, 2.75) is 72.1 Å². The van der Waals surface area contributed by atoms with Crippen molar-refractivity contribution in [1.82, 2.24) is 20.4 Å². The van der Waals surface area contributed by atoms with Crippen LogP contribution in [0.5, 0.6) is 0 Å². The van der Waals surface area contributed by atoms with Gasteiger partial charge >= 0.3 is 0 Å². The van der Waals surface area contributed by atoms with Crippen LogP contribution in [0.3, 0.4) is 0 Å². The molecular formula is C30H45F2N5O4. The number of hydrogen-bond donors (Lipinski definition) is 4. The fourth-order valence-corrected chi connectivity index (χ4v) is 4.66. The third kappa shape index (κ3) is 10.6. The van der Waals surface area contributed by atoms with Crippen molar-refractivity contribution in [3.63, 3.8) is 0 Å². The second-order valence-electron chi connectivity index (χ2n) is 11.0. The monoisotopic (exact) mass is 577 g/mol. The normalized spacial score (nSPS) is 15.6. The number of carbonyl (C=O) groups is 3. The molecule has 0 aliphatic carbocycles. The number of halogens is 2. The number of benzene rings is 1. The fourth-order valence-electron chi connectivity index (χ4n) is 4.66. The first-order valence-corrected chi connectivity index (χ1v) is 14.3. The van der Waals surface area contributed by atoms with Crippen molar-refractivity contribution < 1.29 is 28.3 Å². The Bertz CT molecular complexity index is 1100. The minimum atomic E-state index is -1.16. The average Bonchev–Trinajstić information content (AvgIpc) is 2.91. The molecule has 9 nitrogen and oxygen atoms in total. The summed E-state index contributed by atoms with van der Waals surface area (Å²) in [5.41, 5.74) is 6.29. The summed E-state index contributed by atoms with van der Waals surface area (Å²) in [5.74, 6) is -2.49. The summed E-state index contributed by atoms with van der Waals surface area (Å²) in [6.45, 7) is 11.1. The van der Waals surface area contributed by atoms with Crippen LogP contribution in [-0.2, 0) is 20.8 Å². The second kappa shape index (κ2) is 16.2. The fraction of sp³-hybridized carbons (Fsp3) is 0.567. The van der Waals surface area contributed by atoms with Crippen molar-refractivity contribution in [2.75, 3.05) is 32.7 Å². The molecule has 0 unspecified atom stereocenters. The molecule has 11 heteroatoms. The maximum absolute atomic E-state index is 14.1. The van der Waals surface area contributed by atoms with Gasteiger partial charge in [0.2, 0.25) is 11.8 Å². The van der Waals surface area contributed by atoms with Crippen molar-refractivity contribution in [2.24, 2.45) is 11.7 Å². The number of nitrogens with two attached hydrogens (primary N) is 1. The van der Waals surface area contributed by atoms with Crippen molar-refractivity contribution in [3.05, 3.63) is 58.8 Å². The predicted molar refractivity (Wildman–Crippen MR) is 154 cm³/mol. The molecule has 1 aliphatic heterocycles. The molecule has 0 aromatic heterocycles. The topological polar surface area (TPSA) is 128 Å². The van der Waals surface area contributed by atoms with Crippen LogP contribution in [0.2, 0.25) is 0 Å². The first kappa shape index (κ1) is 33.9. The lowest BCUT2D eigenvalue weighted by atomic mass is 9.96. The highest BCUT2D eigenvalue weighted by molar-refractivity contribution is 6.00. The van der Waals surface area contributed by atoms with Gasteiger partial charge in [0.15, 0.2) is 0 Å². The van der Waals surface area contributed by atoms with E-state index >= 15 is 0 Å². The van der Waals surface area contributed by atoms with Crippen molar-refractivity contribution in [3.8, 4) is 0 Å². The summed E-state index contributed by atoms with van der Waals surface area (Å²) in [4.78, 5) is 41.5. The van der Waals surface area contributed by atoms with Crippen LogP contribution >= 0.6 is 0 Å². The van der Waals surface area contributed by atoms with Gasteiger partial charge in [-0.2, -0.15) is 0 Å². The molecule has 0 saturated carbocycles. The molecule has 0 spiro atoms. The number of carbonyl (C=O) groups excluding carboxylic acids is 3. The molecule has 1 heterocycles. The maximum Gasteiger partial charge on any atom is 0.251 e. The number of hydrogen-bond acceptors (Lipinski definition) is 6. The SMILES string of the molecule is CCCN(CCC)C(=O)C1=CC(C(N)=O)=CN([C@@H](Cc2cc(F)cc(F)c2)[C@H](O)CN[C@@H](C)C(=O)NCC(C)C)C1. The Kier molecular flexibility index (Phi) is 13.4. The van der Waals surface area contributed by atoms with Gasteiger partial charge in [-0.25, -0.2) is 8.78 Å². The van der Waals surface area contributed by atoms with E-state index < -0.39 is 35.7 Å². The van der Waals surface area contributed by atoms with E-state index in [1.807, 2.05) is 27.7 Å². The van der Waals surface area contributed by atoms with E-state index in [1.165, 1.54) is 24.4 Å². The number of nitrogens with zero attached hydrogens (tertiary/aromatic N) is 2. The van der Waals surface area contributed by atoms with Crippen LogP contribution < -0.4 is 16.4 Å². The van der Waals surface area contributed by atoms with Gasteiger partial charge in [-0.15, -0.1) is 0 Å². The quantitative estimate of drug-likeness (QED) is 0.239. The van der Waals surface area contributed by atoms with Gasteiger partial charge in [-0.1, -0.05) is 27.7 Å². The molecular weight excluding hydrogens is 532 g/mol. The summed E-state index contributed by atoms with van der Waals surface area (Å²) < 4.78 is 28.1. The summed E-state index contributed by atoms with van der Waals surface area (Å²) in [6.07, 6.45) is 3.26. The third-order valence-electron chi connectivity index (χ3n) is 6.77. The molecule has 3 atom stereocenters. The van der Waals surface area contributed by atoms with Gasteiger partial charge in [0.25, 0.3) is 5.91 Å². The Morgan fingerprint density at radius 2 is 1.66 bits per heavy atom. The second-order valence-corrected chi connectivity index (χ2v) is 11.0. The molecule has 41 heavy (non-hydrogen) atoms. The first-order valence-electron chi connectivity index (χ1n) is 14.3. The minimum Gasteiger partial charge on any atom is -0.390 e. The molecule has 1 aromatic rings. The lowest BCUT2D eigenvalue weighted by Crippen LogP contribution is -2.52. The van der Waals surface area contributed by atoms with Crippen LogP contribution in [0, 0.1) is 17.6 Å². The van der Waals surface area contributed by atoms with Crippen molar-refractivity contribution >= 4 is 17.7 Å². The Morgan fingerprint density at radius 1 is 1.05 bits per heavy atom. The molecule has 228 valence electrons. The van der Waals surface area contributed by atoms with E-state index in [1.54, 1.807) is 16.7 Å². The summed E-state index contributed by atoms with van der Waals surface area (Å²) in [5, 5.41) is 17.2. The average molecular weight is 578 g/mol. The summed E-state index contributed by atoms with van der Waals surface area (Å²) in [6, 6.07) is 1.66. The van der Waals surface area contributed by atoms with Crippen LogP contribution in [0.1, 0.15) is 53.0 Å². The van der Waals surface area contributed by atoms with E-state index in [0.717, 1.165) is 18.9 Å². The zero-order valence-electron chi connectivity index (χ0n) is 24.8. The molecule has 0 radical (unpaired) electrons. The lowest BCUT2D eigenvalue weighted by molar-refractivity contribution is -0.127. The standard InChI is InChI=1S/C30H45F2N5O4/c1-6-8-36(9-7-2)30(41)23-13-22(28(33)39)17-37(18-23)26(12-21-10-24(31)14-25(32)11-21)27(38)16-34-20(5)29(40)35-15-19(3)4/h10-11,13-14,17,19-20,26-27,34,38H,6-9,12,15-16,18H2,1-5H3,(H2,33,39)(H,35,40)/t20-,26-,27+/m0/s1. The number of amides is 3. The van der Waals surface area contributed by atoms with E-state index in [2.05, 4.69) is 10.6 Å². The van der Waals surface area contributed by atoms with E-state index in [9.17, 15) is 28.3 Å². The molecule has 1 aromatic carbocycles. The molecule has 1 aliphatic rings. The molecule has 0 fully saturated rings. The van der Waals surface area contributed by atoms with Crippen molar-refractivity contribution in [1.29, 1.82) is 0 Å². The number of aliphatic hydroxyl groups is 1. The van der Waals surface area contributed by atoms with Crippen LogP contribution in [-0.4, -0.2) is 83.5 Å². The van der Waals surface area contributed by atoms with Crippen LogP contribution in [0.25, 0.3) is 0 Å². The molecule has 0 saturated heterocycles. The van der Waals surface area contributed by atoms with Crippen LogP contribution in [0.15, 0.2) is 41.6 Å². The van der Waals surface area contributed by atoms with Gasteiger partial charge in [0.05, 0.1) is 23.8 Å². The Balaban J connectivity index is 2.38. The van der Waals surface area contributed by atoms with Gasteiger partial charge in [-0.3, -0.25) is 14.4 Å². The highest BCUT2D eigenvalue weighted by atomic mass is 19.1. The highest BCUT2D eigenvalue weighted by Crippen LogP contribution is 2.23. The number of aliphatic hydroxyl groups excluding tert-OH is 1. The number of rotatable bonds is 16.